The molecule has 0 aromatic rings. The van der Waals surface area contributed by atoms with Gasteiger partial charge in [0.25, 0.3) is 0 Å². The molecule has 1 unspecified atom stereocenters. The van der Waals surface area contributed by atoms with Gasteiger partial charge in [0.2, 0.25) is 0 Å². The molecule has 17 heavy (non-hydrogen) atoms. The summed E-state index contributed by atoms with van der Waals surface area (Å²) in [5.41, 5.74) is 1.57. The van der Waals surface area contributed by atoms with Crippen molar-refractivity contribution in [2.24, 2.45) is 5.92 Å². The monoisotopic (exact) mass is 304 g/mol. The zero-order valence-corrected chi connectivity index (χ0v) is 13.8. The molecule has 0 bridgehead atoms. The Kier molecular flexibility index (Phi) is 4.31. The molecule has 2 aliphatic carbocycles. The molecule has 0 aromatic heterocycles. The van der Waals surface area contributed by atoms with E-state index in [1.165, 1.54) is 12.8 Å². The molecule has 1 heteroatoms. The summed E-state index contributed by atoms with van der Waals surface area (Å²) in [6.07, 6.45) is 14.2. The molecular weight excluding hydrogens is 283 g/mol. The molecule has 2 rings (SSSR count). The Hall–Kier alpha value is -0.287. The third-order valence-electron chi connectivity index (χ3n) is 3.68. The molecule has 0 amide bonds. The Balaban J connectivity index is 2.43. The van der Waals surface area contributed by atoms with E-state index < -0.39 is 21.3 Å². The van der Waals surface area contributed by atoms with Gasteiger partial charge in [-0.15, -0.1) is 0 Å². The van der Waals surface area contributed by atoms with Crippen molar-refractivity contribution in [3.05, 3.63) is 42.5 Å². The van der Waals surface area contributed by atoms with Gasteiger partial charge in [-0.3, -0.25) is 0 Å². The van der Waals surface area contributed by atoms with E-state index in [1.54, 1.807) is 12.1 Å². The quantitative estimate of drug-likeness (QED) is 0.718. The van der Waals surface area contributed by atoms with E-state index in [2.05, 4.69) is 58.1 Å². The third-order valence-corrected chi connectivity index (χ3v) is 11.8. The fourth-order valence-electron chi connectivity index (χ4n) is 2.86. The van der Waals surface area contributed by atoms with Crippen molar-refractivity contribution >= 4 is 3.21 Å². The Labute approximate surface area is 113 Å². The molecular formula is C16H22Zr. The van der Waals surface area contributed by atoms with Crippen LogP contribution in [0.2, 0.25) is 0 Å². The van der Waals surface area contributed by atoms with Gasteiger partial charge in [0, 0.05) is 0 Å². The molecule has 0 nitrogen and oxygen atoms in total. The van der Waals surface area contributed by atoms with Crippen LogP contribution in [-0.4, -0.2) is 3.21 Å². The normalized spacial score (nSPS) is 22.4. The van der Waals surface area contributed by atoms with Crippen molar-refractivity contribution in [1.82, 2.24) is 0 Å². The fraction of sp³-hybridized carbons (Fsp3) is 0.438. The predicted molar refractivity (Wildman–Crippen MR) is 73.8 cm³/mol. The van der Waals surface area contributed by atoms with E-state index in [4.69, 9.17) is 0 Å². The van der Waals surface area contributed by atoms with Gasteiger partial charge in [-0.2, -0.15) is 0 Å². The average molecular weight is 306 g/mol. The van der Waals surface area contributed by atoms with Crippen molar-refractivity contribution in [2.45, 2.75) is 40.5 Å². The second-order valence-electron chi connectivity index (χ2n) is 5.17. The first-order valence-electron chi connectivity index (χ1n) is 6.58. The van der Waals surface area contributed by atoms with Crippen molar-refractivity contribution in [3.63, 3.8) is 0 Å². The summed E-state index contributed by atoms with van der Waals surface area (Å²) >= 11 is -1.67. The van der Waals surface area contributed by atoms with Crippen LogP contribution in [0.4, 0.5) is 0 Å². The van der Waals surface area contributed by atoms with Crippen LogP contribution in [0.15, 0.2) is 42.5 Å². The van der Waals surface area contributed by atoms with E-state index in [-0.39, 0.29) is 0 Å². The molecule has 0 heterocycles. The summed E-state index contributed by atoms with van der Waals surface area (Å²) < 4.78 is 5.33. The summed E-state index contributed by atoms with van der Waals surface area (Å²) in [5.74, 6) is 0.737. The first kappa shape index (κ1) is 13.2. The summed E-state index contributed by atoms with van der Waals surface area (Å²) in [6.45, 7) is 9.35. The standard InChI is InChI=1S/C8H11.C5H5.C3H6.Zr/c1-3-8-5-4-7(2)6-8;1-2-4-5-3-1;1-3-2;/h4-5,8H,3H2,1-2H3;1-3H,4H2;1-2H3;. The molecule has 0 N–H and O–H groups in total. The van der Waals surface area contributed by atoms with Crippen molar-refractivity contribution in [3.8, 4) is 0 Å². The summed E-state index contributed by atoms with van der Waals surface area (Å²) in [5, 5.41) is 0. The van der Waals surface area contributed by atoms with E-state index in [1.807, 2.05) is 3.28 Å². The van der Waals surface area contributed by atoms with E-state index >= 15 is 0 Å². The molecule has 0 saturated carbocycles. The number of hydrogen-bond donors (Lipinski definition) is 0. The van der Waals surface area contributed by atoms with Gasteiger partial charge in [-0.25, -0.2) is 0 Å². The van der Waals surface area contributed by atoms with Crippen molar-refractivity contribution < 1.29 is 21.3 Å². The average Bonchev–Trinajstić information content (AvgIpc) is 2.90. The predicted octanol–water partition coefficient (Wildman–Crippen LogP) is 4.53. The van der Waals surface area contributed by atoms with Crippen LogP contribution in [0, 0.1) is 5.92 Å². The van der Waals surface area contributed by atoms with E-state index in [9.17, 15) is 0 Å². The topological polar surface area (TPSA) is 0 Å². The van der Waals surface area contributed by atoms with Gasteiger partial charge in [0.05, 0.1) is 0 Å². The van der Waals surface area contributed by atoms with Crippen LogP contribution < -0.4 is 0 Å². The molecule has 0 aromatic carbocycles. The van der Waals surface area contributed by atoms with E-state index in [0.717, 1.165) is 5.92 Å². The van der Waals surface area contributed by atoms with Gasteiger partial charge >= 0.3 is 113 Å². The van der Waals surface area contributed by atoms with Gasteiger partial charge in [0.1, 0.15) is 0 Å². The van der Waals surface area contributed by atoms with Crippen LogP contribution in [-0.2, 0) is 21.3 Å². The minimum atomic E-state index is -1.67. The second kappa shape index (κ2) is 5.57. The Bertz CT molecular complexity index is 466. The zero-order chi connectivity index (χ0) is 12.4. The van der Waals surface area contributed by atoms with Crippen LogP contribution in [0.1, 0.15) is 40.5 Å². The number of rotatable bonds is 3. The summed E-state index contributed by atoms with van der Waals surface area (Å²) in [6, 6.07) is 0. The van der Waals surface area contributed by atoms with Crippen molar-refractivity contribution in [2.75, 3.05) is 0 Å². The molecule has 0 fully saturated rings. The van der Waals surface area contributed by atoms with E-state index in [0.29, 0.717) is 0 Å². The van der Waals surface area contributed by atoms with Gasteiger partial charge in [-0.1, -0.05) is 0 Å². The Morgan fingerprint density at radius 2 is 2.18 bits per heavy atom. The van der Waals surface area contributed by atoms with Gasteiger partial charge in [-0.05, 0) is 0 Å². The molecule has 90 valence electrons. The zero-order valence-electron chi connectivity index (χ0n) is 11.4. The number of allylic oxidation sites excluding steroid dienone is 8. The molecule has 0 radical (unpaired) electrons. The number of hydrogen-bond acceptors (Lipinski definition) is 0. The Morgan fingerprint density at radius 1 is 1.41 bits per heavy atom. The Morgan fingerprint density at radius 3 is 2.71 bits per heavy atom. The van der Waals surface area contributed by atoms with Crippen molar-refractivity contribution in [1.29, 1.82) is 0 Å². The first-order chi connectivity index (χ1) is 8.15. The second-order valence-corrected chi connectivity index (χ2v) is 12.4. The minimum absolute atomic E-state index is 0.737. The van der Waals surface area contributed by atoms with Gasteiger partial charge < -0.3 is 0 Å². The third kappa shape index (κ3) is 2.60. The molecule has 1 atom stereocenters. The summed E-state index contributed by atoms with van der Waals surface area (Å²) in [4.78, 5) is 0. The van der Waals surface area contributed by atoms with Crippen LogP contribution in [0.25, 0.3) is 0 Å². The van der Waals surface area contributed by atoms with Crippen LogP contribution in [0.5, 0.6) is 0 Å². The molecule has 0 spiro atoms. The fourth-order valence-corrected chi connectivity index (χ4v) is 10.9. The molecule has 0 aliphatic heterocycles. The molecule has 2 aliphatic rings. The van der Waals surface area contributed by atoms with Gasteiger partial charge in [0.15, 0.2) is 0 Å². The SMILES string of the molecule is CCC1C=CC(C)=[C]1[Zr]([C]1=CC=CC1)=[C](C)C. The maximum absolute atomic E-state index is 2.43. The van der Waals surface area contributed by atoms with Crippen LogP contribution in [0.3, 0.4) is 0 Å². The summed E-state index contributed by atoms with van der Waals surface area (Å²) in [7, 11) is 0. The first-order valence-corrected chi connectivity index (χ1v) is 10.3. The van der Waals surface area contributed by atoms with Crippen LogP contribution >= 0.6 is 0 Å². The molecule has 0 saturated heterocycles. The maximum atomic E-state index is 2.43.